The predicted octanol–water partition coefficient (Wildman–Crippen LogP) is 12.0. The molecule has 2 heteroatoms. The summed E-state index contributed by atoms with van der Waals surface area (Å²) in [7, 11) is 0. The highest BCUT2D eigenvalue weighted by Crippen LogP contribution is 2.65. The van der Waals surface area contributed by atoms with Gasteiger partial charge in [0.15, 0.2) is 5.58 Å². The molecule has 0 unspecified atom stereocenters. The first-order valence-corrected chi connectivity index (χ1v) is 16.3. The fourth-order valence-corrected chi connectivity index (χ4v) is 8.84. The molecule has 9 aromatic rings. The SMILES string of the molecule is c1ccc2c(c1)-c1ccccc1C21c2c(ccc3ccccc23)-c2ccc3cc(Nc4cccc5c4oc4ccccc45)ccc3c21. The molecule has 0 bridgehead atoms. The standard InChI is InChI=1S/C45H27NO/c1-2-11-30-27(10-1)20-23-35-36-24-21-28-26-29(46-40-18-9-15-37-34-14-5-8-19-41(34)47-44(37)40)22-25-31(28)43(36)45(42(30)35)38-16-6-3-12-32(38)33-13-4-7-17-39(33)45/h1-26,46H. The van der Waals surface area contributed by atoms with E-state index in [0.717, 1.165) is 33.3 Å². The fourth-order valence-electron chi connectivity index (χ4n) is 8.84. The summed E-state index contributed by atoms with van der Waals surface area (Å²) in [4.78, 5) is 0. The number of furan rings is 1. The van der Waals surface area contributed by atoms with Crippen molar-refractivity contribution in [3.8, 4) is 22.3 Å². The largest absolute Gasteiger partial charge is 0.454 e. The lowest BCUT2D eigenvalue weighted by atomic mass is 9.68. The highest BCUT2D eigenvalue weighted by atomic mass is 16.3. The Morgan fingerprint density at radius 1 is 0.426 bits per heavy atom. The van der Waals surface area contributed by atoms with Gasteiger partial charge in [-0.1, -0.05) is 133 Å². The molecule has 218 valence electrons. The Kier molecular flexibility index (Phi) is 4.80. The molecule has 0 fully saturated rings. The minimum absolute atomic E-state index is 0.424. The van der Waals surface area contributed by atoms with Crippen LogP contribution in [0.2, 0.25) is 0 Å². The summed E-state index contributed by atoms with van der Waals surface area (Å²) in [6.45, 7) is 0. The minimum atomic E-state index is -0.424. The number of para-hydroxylation sites is 2. The number of nitrogens with one attached hydrogen (secondary N) is 1. The Balaban J connectivity index is 1.18. The van der Waals surface area contributed by atoms with Crippen LogP contribution < -0.4 is 5.32 Å². The zero-order valence-electron chi connectivity index (χ0n) is 25.4. The van der Waals surface area contributed by atoms with Gasteiger partial charge in [0.25, 0.3) is 0 Å². The maximum atomic E-state index is 6.34. The van der Waals surface area contributed by atoms with Gasteiger partial charge >= 0.3 is 0 Å². The Hall–Kier alpha value is -6.12. The first-order valence-electron chi connectivity index (χ1n) is 16.3. The number of hydrogen-bond acceptors (Lipinski definition) is 2. The van der Waals surface area contributed by atoms with Gasteiger partial charge in [0, 0.05) is 16.5 Å². The Labute approximate surface area is 271 Å². The van der Waals surface area contributed by atoms with Crippen LogP contribution in [0.4, 0.5) is 11.4 Å². The Morgan fingerprint density at radius 2 is 1.04 bits per heavy atom. The first kappa shape index (κ1) is 25.1. The molecular weight excluding hydrogens is 571 g/mol. The van der Waals surface area contributed by atoms with Gasteiger partial charge in [0.1, 0.15) is 5.58 Å². The van der Waals surface area contributed by atoms with Gasteiger partial charge < -0.3 is 9.73 Å². The Bertz CT molecular complexity index is 2740. The average Bonchev–Trinajstić information content (AvgIpc) is 3.76. The summed E-state index contributed by atoms with van der Waals surface area (Å²) in [6, 6.07) is 57.7. The van der Waals surface area contributed by atoms with Gasteiger partial charge in [-0.05, 0) is 90.3 Å². The van der Waals surface area contributed by atoms with Crippen molar-refractivity contribution in [3.05, 3.63) is 180 Å². The number of benzene rings is 8. The van der Waals surface area contributed by atoms with Crippen molar-refractivity contribution >= 4 is 54.9 Å². The molecule has 2 aliphatic rings. The molecule has 0 amide bonds. The van der Waals surface area contributed by atoms with Crippen molar-refractivity contribution in [1.29, 1.82) is 0 Å². The molecule has 0 radical (unpaired) electrons. The summed E-state index contributed by atoms with van der Waals surface area (Å²) in [5.41, 5.74) is 14.2. The molecule has 47 heavy (non-hydrogen) atoms. The summed E-state index contributed by atoms with van der Waals surface area (Å²) in [5, 5.41) is 11.0. The van der Waals surface area contributed by atoms with Crippen LogP contribution in [-0.4, -0.2) is 0 Å². The van der Waals surface area contributed by atoms with Gasteiger partial charge in [-0.25, -0.2) is 0 Å². The van der Waals surface area contributed by atoms with E-state index in [2.05, 4.69) is 151 Å². The zero-order valence-corrected chi connectivity index (χ0v) is 25.4. The third kappa shape index (κ3) is 3.15. The molecule has 1 spiro atoms. The van der Waals surface area contributed by atoms with Gasteiger partial charge in [0.2, 0.25) is 0 Å². The highest BCUT2D eigenvalue weighted by Gasteiger charge is 2.53. The van der Waals surface area contributed by atoms with Crippen LogP contribution in [0.1, 0.15) is 22.3 Å². The maximum Gasteiger partial charge on any atom is 0.158 e. The average molecular weight is 598 g/mol. The van der Waals surface area contributed by atoms with Crippen LogP contribution in [0.5, 0.6) is 0 Å². The van der Waals surface area contributed by atoms with Gasteiger partial charge in [-0.2, -0.15) is 0 Å². The van der Waals surface area contributed by atoms with Gasteiger partial charge in [0.05, 0.1) is 11.1 Å². The molecule has 0 saturated heterocycles. The van der Waals surface area contributed by atoms with E-state index in [1.54, 1.807) is 0 Å². The molecule has 1 heterocycles. The molecule has 0 atom stereocenters. The van der Waals surface area contributed by atoms with Gasteiger partial charge in [-0.15, -0.1) is 0 Å². The molecule has 2 aliphatic carbocycles. The minimum Gasteiger partial charge on any atom is -0.454 e. The smallest absolute Gasteiger partial charge is 0.158 e. The molecule has 0 saturated carbocycles. The zero-order chi connectivity index (χ0) is 30.7. The molecule has 0 aliphatic heterocycles. The number of hydrogen-bond donors (Lipinski definition) is 1. The maximum absolute atomic E-state index is 6.34. The monoisotopic (exact) mass is 597 g/mol. The molecular formula is C45H27NO. The number of fused-ring (bicyclic) bond motifs is 17. The van der Waals surface area contributed by atoms with Crippen molar-refractivity contribution in [2.24, 2.45) is 0 Å². The lowest BCUT2D eigenvalue weighted by Crippen LogP contribution is -2.26. The number of anilines is 2. The fraction of sp³-hybridized carbons (Fsp3) is 0.0222. The van der Waals surface area contributed by atoms with Crippen LogP contribution in [0.15, 0.2) is 162 Å². The van der Waals surface area contributed by atoms with Crippen LogP contribution >= 0.6 is 0 Å². The second kappa shape index (κ2) is 8.99. The molecule has 1 N–H and O–H groups in total. The number of rotatable bonds is 2. The highest BCUT2D eigenvalue weighted by molar-refractivity contribution is 6.11. The summed E-state index contributed by atoms with van der Waals surface area (Å²) < 4.78 is 6.34. The van der Waals surface area contributed by atoms with E-state index in [1.165, 1.54) is 66.1 Å². The van der Waals surface area contributed by atoms with Crippen LogP contribution in [0.3, 0.4) is 0 Å². The molecule has 2 nitrogen and oxygen atoms in total. The molecule has 1 aromatic heterocycles. The Morgan fingerprint density at radius 3 is 1.83 bits per heavy atom. The van der Waals surface area contributed by atoms with E-state index in [0.29, 0.717) is 0 Å². The summed E-state index contributed by atoms with van der Waals surface area (Å²) in [5.74, 6) is 0. The van der Waals surface area contributed by atoms with Crippen LogP contribution in [0.25, 0.3) is 65.7 Å². The molecule has 11 rings (SSSR count). The van der Waals surface area contributed by atoms with E-state index in [9.17, 15) is 0 Å². The van der Waals surface area contributed by atoms with E-state index < -0.39 is 5.41 Å². The van der Waals surface area contributed by atoms with Crippen molar-refractivity contribution in [3.63, 3.8) is 0 Å². The third-order valence-electron chi connectivity index (χ3n) is 10.6. The summed E-state index contributed by atoms with van der Waals surface area (Å²) >= 11 is 0. The van der Waals surface area contributed by atoms with E-state index in [1.807, 2.05) is 12.1 Å². The van der Waals surface area contributed by atoms with Gasteiger partial charge in [-0.3, -0.25) is 0 Å². The predicted molar refractivity (Wildman–Crippen MR) is 195 cm³/mol. The van der Waals surface area contributed by atoms with Crippen molar-refractivity contribution in [2.75, 3.05) is 5.32 Å². The first-order chi connectivity index (χ1) is 23.3. The third-order valence-corrected chi connectivity index (χ3v) is 10.6. The quantitative estimate of drug-likeness (QED) is 0.214. The van der Waals surface area contributed by atoms with E-state index in [-0.39, 0.29) is 0 Å². The summed E-state index contributed by atoms with van der Waals surface area (Å²) in [6.07, 6.45) is 0. The van der Waals surface area contributed by atoms with E-state index in [4.69, 9.17) is 4.42 Å². The van der Waals surface area contributed by atoms with Crippen LogP contribution in [0, 0.1) is 0 Å². The second-order valence-electron chi connectivity index (χ2n) is 12.9. The second-order valence-corrected chi connectivity index (χ2v) is 12.9. The molecule has 8 aromatic carbocycles. The van der Waals surface area contributed by atoms with E-state index >= 15 is 0 Å². The van der Waals surface area contributed by atoms with Crippen LogP contribution in [-0.2, 0) is 5.41 Å². The lowest BCUT2D eigenvalue weighted by molar-refractivity contribution is 0.670. The van der Waals surface area contributed by atoms with Crippen molar-refractivity contribution in [1.82, 2.24) is 0 Å². The van der Waals surface area contributed by atoms with Crippen molar-refractivity contribution < 1.29 is 4.42 Å². The lowest BCUT2D eigenvalue weighted by Gasteiger charge is -2.32. The van der Waals surface area contributed by atoms with Crippen molar-refractivity contribution in [2.45, 2.75) is 5.41 Å². The normalized spacial score (nSPS) is 13.7. The topological polar surface area (TPSA) is 25.2 Å².